The number of hydrogen-bond donors (Lipinski definition) is 0. The van der Waals surface area contributed by atoms with Gasteiger partial charge in [-0.05, 0) is 26.0 Å². The number of ether oxygens (including phenoxy) is 2. The smallest absolute Gasteiger partial charge is 0.311 e. The third-order valence-electron chi connectivity index (χ3n) is 3.12. The first kappa shape index (κ1) is 18.1. The van der Waals surface area contributed by atoms with Gasteiger partial charge in [0.15, 0.2) is 5.75 Å². The summed E-state index contributed by atoms with van der Waals surface area (Å²) in [6.45, 7) is 3.31. The first-order valence-corrected chi connectivity index (χ1v) is 7.28. The van der Waals surface area contributed by atoms with Crippen LogP contribution in [0.4, 0.5) is 15.8 Å². The second-order valence-corrected chi connectivity index (χ2v) is 5.37. The number of benzene rings is 2. The molecule has 0 radical (unpaired) electrons. The van der Waals surface area contributed by atoms with Gasteiger partial charge < -0.3 is 9.47 Å². The highest BCUT2D eigenvalue weighted by atomic mass is 19.1. The van der Waals surface area contributed by atoms with E-state index in [0.717, 1.165) is 18.2 Å². The summed E-state index contributed by atoms with van der Waals surface area (Å²) in [5, 5.41) is 21.9. The van der Waals surface area contributed by atoms with E-state index in [2.05, 4.69) is 0 Å². The van der Waals surface area contributed by atoms with E-state index in [-0.39, 0.29) is 24.1 Å². The Morgan fingerprint density at radius 2 is 1.76 bits per heavy atom. The van der Waals surface area contributed by atoms with E-state index in [4.69, 9.17) is 9.47 Å². The molecule has 0 amide bonds. The van der Waals surface area contributed by atoms with E-state index in [1.54, 1.807) is 13.8 Å². The van der Waals surface area contributed by atoms with E-state index in [0.29, 0.717) is 11.3 Å². The predicted octanol–water partition coefficient (Wildman–Crippen LogP) is 4.01. The molecule has 0 heterocycles. The van der Waals surface area contributed by atoms with Crippen molar-refractivity contribution in [2.24, 2.45) is 0 Å². The maximum absolute atomic E-state index is 13.3. The highest BCUT2D eigenvalue weighted by molar-refractivity contribution is 5.47. The minimum atomic E-state index is -0.701. The molecule has 0 aliphatic heterocycles. The molecule has 8 nitrogen and oxygen atoms in total. The highest BCUT2D eigenvalue weighted by Gasteiger charge is 2.18. The summed E-state index contributed by atoms with van der Waals surface area (Å²) in [6.07, 6.45) is -0.191. The van der Waals surface area contributed by atoms with Crippen molar-refractivity contribution in [3.63, 3.8) is 0 Å². The largest absolute Gasteiger partial charge is 0.491 e. The molecule has 0 unspecified atom stereocenters. The summed E-state index contributed by atoms with van der Waals surface area (Å²) >= 11 is 0. The highest BCUT2D eigenvalue weighted by Crippen LogP contribution is 2.31. The van der Waals surface area contributed by atoms with Crippen LogP contribution in [0.3, 0.4) is 0 Å². The van der Waals surface area contributed by atoms with Crippen LogP contribution in [0, 0.1) is 26.0 Å². The van der Waals surface area contributed by atoms with E-state index in [1.165, 1.54) is 18.2 Å². The first-order valence-electron chi connectivity index (χ1n) is 7.28. The van der Waals surface area contributed by atoms with Crippen molar-refractivity contribution >= 4 is 11.4 Å². The molecule has 0 bridgehead atoms. The molecule has 0 N–H and O–H groups in total. The van der Waals surface area contributed by atoms with Gasteiger partial charge in [0.25, 0.3) is 5.69 Å². The zero-order valence-electron chi connectivity index (χ0n) is 13.5. The number of non-ortho nitro benzene ring substituents is 1. The average Bonchev–Trinajstić information content (AvgIpc) is 2.52. The second kappa shape index (κ2) is 7.56. The fourth-order valence-electron chi connectivity index (χ4n) is 2.07. The monoisotopic (exact) mass is 350 g/mol. The third kappa shape index (κ3) is 4.63. The number of hydrogen-bond acceptors (Lipinski definition) is 6. The number of nitro groups is 2. The molecule has 2 aromatic carbocycles. The van der Waals surface area contributed by atoms with Crippen LogP contribution in [-0.2, 0) is 6.61 Å². The van der Waals surface area contributed by atoms with Gasteiger partial charge in [0.2, 0.25) is 0 Å². The third-order valence-corrected chi connectivity index (χ3v) is 3.12. The molecule has 0 aliphatic carbocycles. The molecular formula is C16H15FN2O6. The molecule has 0 spiro atoms. The van der Waals surface area contributed by atoms with Crippen LogP contribution < -0.4 is 9.47 Å². The van der Waals surface area contributed by atoms with Gasteiger partial charge in [-0.3, -0.25) is 20.2 Å². The zero-order chi connectivity index (χ0) is 18.6. The summed E-state index contributed by atoms with van der Waals surface area (Å²) < 4.78 is 24.2. The molecule has 0 saturated heterocycles. The topological polar surface area (TPSA) is 105 Å². The molecule has 2 aromatic rings. The fraction of sp³-hybridized carbons (Fsp3) is 0.250. The molecule has 0 saturated carbocycles. The Balaban J connectivity index is 2.33. The standard InChI is InChI=1S/C16H15FN2O6/c1-10(2)25-15-6-4-13(18(20)21)7-11(15)9-24-16-8-12(17)3-5-14(16)19(22)23/h3-8,10H,9H2,1-2H3. The molecule has 25 heavy (non-hydrogen) atoms. The number of nitrogens with zero attached hydrogens (tertiary/aromatic N) is 2. The van der Waals surface area contributed by atoms with Crippen molar-refractivity contribution in [2.45, 2.75) is 26.6 Å². The predicted molar refractivity (Wildman–Crippen MR) is 86.2 cm³/mol. The van der Waals surface area contributed by atoms with Crippen LogP contribution in [0.25, 0.3) is 0 Å². The SMILES string of the molecule is CC(C)Oc1ccc([N+](=O)[O-])cc1COc1cc(F)ccc1[N+](=O)[O-]. The van der Waals surface area contributed by atoms with Gasteiger partial charge in [-0.2, -0.15) is 0 Å². The molecular weight excluding hydrogens is 335 g/mol. The van der Waals surface area contributed by atoms with Crippen molar-refractivity contribution in [3.8, 4) is 11.5 Å². The van der Waals surface area contributed by atoms with E-state index in [1.807, 2.05) is 0 Å². The summed E-state index contributed by atoms with van der Waals surface area (Å²) in [7, 11) is 0. The van der Waals surface area contributed by atoms with E-state index < -0.39 is 21.4 Å². The zero-order valence-corrected chi connectivity index (χ0v) is 13.5. The van der Waals surface area contributed by atoms with Crippen molar-refractivity contribution in [1.82, 2.24) is 0 Å². The Hall–Kier alpha value is -3.23. The summed E-state index contributed by atoms with van der Waals surface area (Å²) in [5.74, 6) is -0.620. The summed E-state index contributed by atoms with van der Waals surface area (Å²) in [6, 6.07) is 6.79. The molecule has 2 rings (SSSR count). The quantitative estimate of drug-likeness (QED) is 0.552. The molecule has 132 valence electrons. The van der Waals surface area contributed by atoms with E-state index in [9.17, 15) is 24.6 Å². The van der Waals surface area contributed by atoms with Crippen LogP contribution in [0.2, 0.25) is 0 Å². The number of rotatable bonds is 7. The lowest BCUT2D eigenvalue weighted by atomic mass is 10.2. The van der Waals surface area contributed by atoms with Crippen LogP contribution in [-0.4, -0.2) is 16.0 Å². The maximum Gasteiger partial charge on any atom is 0.311 e. The van der Waals surface area contributed by atoms with Gasteiger partial charge in [0, 0.05) is 29.8 Å². The van der Waals surface area contributed by atoms with Crippen LogP contribution >= 0.6 is 0 Å². The van der Waals surface area contributed by atoms with Gasteiger partial charge in [0.1, 0.15) is 18.2 Å². The Labute approximate surface area is 142 Å². The molecule has 9 heteroatoms. The Morgan fingerprint density at radius 1 is 1.04 bits per heavy atom. The van der Waals surface area contributed by atoms with Crippen molar-refractivity contribution < 1.29 is 23.7 Å². The van der Waals surface area contributed by atoms with Gasteiger partial charge in [-0.25, -0.2) is 4.39 Å². The summed E-state index contributed by atoms with van der Waals surface area (Å²) in [5.41, 5.74) is -0.261. The van der Waals surface area contributed by atoms with Crippen molar-refractivity contribution in [2.75, 3.05) is 0 Å². The van der Waals surface area contributed by atoms with Crippen LogP contribution in [0.5, 0.6) is 11.5 Å². The average molecular weight is 350 g/mol. The summed E-state index contributed by atoms with van der Waals surface area (Å²) in [4.78, 5) is 20.6. The van der Waals surface area contributed by atoms with Gasteiger partial charge >= 0.3 is 5.69 Å². The van der Waals surface area contributed by atoms with Crippen molar-refractivity contribution in [3.05, 3.63) is 68.0 Å². The van der Waals surface area contributed by atoms with Gasteiger partial charge in [0.05, 0.1) is 16.0 Å². The lowest BCUT2D eigenvalue weighted by Crippen LogP contribution is -2.09. The fourth-order valence-corrected chi connectivity index (χ4v) is 2.07. The minimum Gasteiger partial charge on any atom is -0.491 e. The molecule has 0 aromatic heterocycles. The van der Waals surface area contributed by atoms with Crippen molar-refractivity contribution in [1.29, 1.82) is 0 Å². The van der Waals surface area contributed by atoms with Gasteiger partial charge in [-0.15, -0.1) is 0 Å². The minimum absolute atomic E-state index is 0.177. The Morgan fingerprint density at radius 3 is 2.36 bits per heavy atom. The maximum atomic E-state index is 13.3. The molecule has 0 fully saturated rings. The Bertz CT molecular complexity index is 809. The van der Waals surface area contributed by atoms with Gasteiger partial charge in [-0.1, -0.05) is 0 Å². The lowest BCUT2D eigenvalue weighted by Gasteiger charge is -2.14. The van der Waals surface area contributed by atoms with Crippen LogP contribution in [0.15, 0.2) is 36.4 Å². The number of nitro benzene ring substituents is 2. The molecule has 0 aliphatic rings. The normalized spacial score (nSPS) is 10.6. The Kier molecular flexibility index (Phi) is 5.48. The van der Waals surface area contributed by atoms with E-state index >= 15 is 0 Å². The first-order chi connectivity index (χ1) is 11.8. The lowest BCUT2D eigenvalue weighted by molar-refractivity contribution is -0.386. The second-order valence-electron chi connectivity index (χ2n) is 5.37. The van der Waals surface area contributed by atoms with Crippen LogP contribution in [0.1, 0.15) is 19.4 Å². The molecule has 0 atom stereocenters. The number of halogens is 1.